The van der Waals surface area contributed by atoms with Crippen molar-refractivity contribution in [2.45, 2.75) is 18.5 Å². The Bertz CT molecular complexity index is 1390. The second-order valence-electron chi connectivity index (χ2n) is 8.14. The molecule has 0 bridgehead atoms. The van der Waals surface area contributed by atoms with Gasteiger partial charge in [0, 0.05) is 34.2 Å². The van der Waals surface area contributed by atoms with E-state index in [1.807, 2.05) is 73.0 Å². The average Bonchev–Trinajstić information content (AvgIpc) is 3.58. The van der Waals surface area contributed by atoms with Gasteiger partial charge < -0.3 is 15.0 Å². The number of carbonyl (C=O) groups is 1. The molecule has 5 aromatic rings. The number of amides is 1. The SMILES string of the molecule is CCOc1ccc(-c2csc(NC(=O)CCSc3nc(-c4ccccc4)c(-c4ccccc4)[nH]3)n2)cc1. The molecule has 0 saturated carbocycles. The van der Waals surface area contributed by atoms with E-state index < -0.39 is 0 Å². The maximum absolute atomic E-state index is 12.6. The second kappa shape index (κ2) is 11.9. The summed E-state index contributed by atoms with van der Waals surface area (Å²) in [6.07, 6.45) is 0.352. The number of anilines is 1. The lowest BCUT2D eigenvalue weighted by molar-refractivity contribution is -0.115. The normalized spacial score (nSPS) is 10.8. The summed E-state index contributed by atoms with van der Waals surface area (Å²) in [5.41, 5.74) is 5.82. The maximum Gasteiger partial charge on any atom is 0.226 e. The number of aromatic nitrogens is 3. The molecule has 0 aliphatic rings. The summed E-state index contributed by atoms with van der Waals surface area (Å²) in [7, 11) is 0. The number of thiazole rings is 1. The fraction of sp³-hybridized carbons (Fsp3) is 0.138. The molecule has 37 heavy (non-hydrogen) atoms. The van der Waals surface area contributed by atoms with E-state index in [-0.39, 0.29) is 5.91 Å². The number of nitrogens with zero attached hydrogens (tertiary/aromatic N) is 2. The molecule has 5 rings (SSSR count). The molecule has 0 aliphatic heterocycles. The van der Waals surface area contributed by atoms with Gasteiger partial charge in [-0.05, 0) is 31.2 Å². The van der Waals surface area contributed by atoms with Crippen molar-refractivity contribution in [1.82, 2.24) is 15.0 Å². The summed E-state index contributed by atoms with van der Waals surface area (Å²) in [4.78, 5) is 25.4. The van der Waals surface area contributed by atoms with Crippen molar-refractivity contribution in [3.63, 3.8) is 0 Å². The van der Waals surface area contributed by atoms with Crippen LogP contribution in [0, 0.1) is 0 Å². The molecule has 1 amide bonds. The van der Waals surface area contributed by atoms with Crippen LogP contribution >= 0.6 is 23.1 Å². The Morgan fingerprint density at radius 3 is 2.32 bits per heavy atom. The van der Waals surface area contributed by atoms with E-state index in [9.17, 15) is 4.79 Å². The Kier molecular flexibility index (Phi) is 7.98. The zero-order valence-electron chi connectivity index (χ0n) is 20.3. The topological polar surface area (TPSA) is 79.9 Å². The monoisotopic (exact) mass is 526 g/mol. The fourth-order valence-electron chi connectivity index (χ4n) is 3.81. The molecule has 6 nitrogen and oxygen atoms in total. The highest BCUT2D eigenvalue weighted by atomic mass is 32.2. The highest BCUT2D eigenvalue weighted by Gasteiger charge is 2.15. The van der Waals surface area contributed by atoms with Crippen LogP contribution in [0.4, 0.5) is 5.13 Å². The Morgan fingerprint density at radius 2 is 1.62 bits per heavy atom. The maximum atomic E-state index is 12.6. The molecule has 0 spiro atoms. The standard InChI is InChI=1S/C29H26N4O2S2/c1-2-35-23-15-13-20(14-16-23)24-19-37-28(30-24)31-25(34)17-18-36-29-32-26(21-9-5-3-6-10-21)27(33-29)22-11-7-4-8-12-22/h3-16,19H,2,17-18H2,1H3,(H,32,33)(H,30,31,34). The molecule has 0 unspecified atom stereocenters. The van der Waals surface area contributed by atoms with Crippen molar-refractivity contribution in [1.29, 1.82) is 0 Å². The third-order valence-corrected chi connectivity index (χ3v) is 7.20. The molecule has 0 aliphatic carbocycles. The quantitative estimate of drug-likeness (QED) is 0.186. The minimum absolute atomic E-state index is 0.0711. The van der Waals surface area contributed by atoms with Gasteiger partial charge in [-0.15, -0.1) is 11.3 Å². The first-order chi connectivity index (χ1) is 18.2. The third kappa shape index (κ3) is 6.28. The minimum Gasteiger partial charge on any atom is -0.494 e. The van der Waals surface area contributed by atoms with Gasteiger partial charge >= 0.3 is 0 Å². The zero-order valence-corrected chi connectivity index (χ0v) is 21.9. The number of hydrogen-bond acceptors (Lipinski definition) is 6. The van der Waals surface area contributed by atoms with Gasteiger partial charge in [0.25, 0.3) is 0 Å². The number of carbonyl (C=O) groups excluding carboxylic acids is 1. The van der Waals surface area contributed by atoms with Gasteiger partial charge in [0.15, 0.2) is 10.3 Å². The molecule has 0 radical (unpaired) electrons. The number of ether oxygens (including phenoxy) is 1. The number of thioether (sulfide) groups is 1. The van der Waals surface area contributed by atoms with Crippen LogP contribution in [0.3, 0.4) is 0 Å². The number of imidazole rings is 1. The van der Waals surface area contributed by atoms with E-state index >= 15 is 0 Å². The van der Waals surface area contributed by atoms with Crippen molar-refractivity contribution >= 4 is 34.1 Å². The van der Waals surface area contributed by atoms with Crippen LogP contribution in [0.5, 0.6) is 5.75 Å². The molecule has 2 aromatic heterocycles. The van der Waals surface area contributed by atoms with Crippen molar-refractivity contribution in [2.24, 2.45) is 0 Å². The molecule has 0 fully saturated rings. The van der Waals surface area contributed by atoms with Gasteiger partial charge in [-0.1, -0.05) is 72.4 Å². The average molecular weight is 527 g/mol. The van der Waals surface area contributed by atoms with E-state index in [0.29, 0.717) is 23.9 Å². The summed E-state index contributed by atoms with van der Waals surface area (Å²) in [5, 5.41) is 6.24. The predicted octanol–water partition coefficient (Wildman–Crippen LogP) is 7.39. The second-order valence-corrected chi connectivity index (χ2v) is 10.1. The molecule has 8 heteroatoms. The van der Waals surface area contributed by atoms with Crippen LogP contribution in [-0.2, 0) is 4.79 Å². The summed E-state index contributed by atoms with van der Waals surface area (Å²) in [6.45, 7) is 2.59. The first-order valence-electron chi connectivity index (χ1n) is 12.0. The largest absolute Gasteiger partial charge is 0.494 e. The number of rotatable bonds is 10. The molecule has 0 saturated heterocycles. The van der Waals surface area contributed by atoms with Gasteiger partial charge in [-0.3, -0.25) is 4.79 Å². The van der Waals surface area contributed by atoms with Crippen molar-refractivity contribution in [3.05, 3.63) is 90.3 Å². The van der Waals surface area contributed by atoms with Crippen molar-refractivity contribution in [2.75, 3.05) is 17.7 Å². The first kappa shape index (κ1) is 24.8. The van der Waals surface area contributed by atoms with Crippen molar-refractivity contribution < 1.29 is 9.53 Å². The van der Waals surface area contributed by atoms with Crippen LogP contribution in [-0.4, -0.2) is 33.2 Å². The van der Waals surface area contributed by atoms with E-state index in [1.165, 1.54) is 23.1 Å². The van der Waals surface area contributed by atoms with Crippen LogP contribution in [0.1, 0.15) is 13.3 Å². The lowest BCUT2D eigenvalue weighted by atomic mass is 10.1. The van der Waals surface area contributed by atoms with Gasteiger partial charge in [0.05, 0.1) is 23.7 Å². The molecule has 186 valence electrons. The van der Waals surface area contributed by atoms with Crippen LogP contribution in [0.15, 0.2) is 95.5 Å². The van der Waals surface area contributed by atoms with E-state index in [1.54, 1.807) is 0 Å². The number of hydrogen-bond donors (Lipinski definition) is 2. The molecular formula is C29H26N4O2S2. The van der Waals surface area contributed by atoms with Gasteiger partial charge in [-0.2, -0.15) is 0 Å². The van der Waals surface area contributed by atoms with Gasteiger partial charge in [0.1, 0.15) is 5.75 Å². The van der Waals surface area contributed by atoms with Crippen LogP contribution in [0.25, 0.3) is 33.8 Å². The zero-order chi connectivity index (χ0) is 25.5. The Balaban J connectivity index is 1.20. The predicted molar refractivity (Wildman–Crippen MR) is 152 cm³/mol. The molecule has 2 N–H and O–H groups in total. The van der Waals surface area contributed by atoms with E-state index in [2.05, 4.69) is 39.6 Å². The number of aromatic amines is 1. The molecular weight excluding hydrogens is 500 g/mol. The van der Waals surface area contributed by atoms with E-state index in [0.717, 1.165) is 44.7 Å². The number of benzene rings is 3. The number of H-pyrrole nitrogens is 1. The summed E-state index contributed by atoms with van der Waals surface area (Å²) in [5.74, 6) is 1.35. The lowest BCUT2D eigenvalue weighted by Crippen LogP contribution is -2.12. The molecule has 2 heterocycles. The highest BCUT2D eigenvalue weighted by molar-refractivity contribution is 7.99. The Hall–Kier alpha value is -3.88. The summed E-state index contributed by atoms with van der Waals surface area (Å²) >= 11 is 2.95. The molecule has 0 atom stereocenters. The third-order valence-electron chi connectivity index (χ3n) is 5.57. The van der Waals surface area contributed by atoms with Gasteiger partial charge in [0.2, 0.25) is 5.91 Å². The van der Waals surface area contributed by atoms with E-state index in [4.69, 9.17) is 9.72 Å². The van der Waals surface area contributed by atoms with Crippen LogP contribution in [0.2, 0.25) is 0 Å². The lowest BCUT2D eigenvalue weighted by Gasteiger charge is -2.03. The smallest absolute Gasteiger partial charge is 0.226 e. The highest BCUT2D eigenvalue weighted by Crippen LogP contribution is 2.33. The number of nitrogens with one attached hydrogen (secondary N) is 2. The Morgan fingerprint density at radius 1 is 0.919 bits per heavy atom. The fourth-order valence-corrected chi connectivity index (χ4v) is 5.36. The Labute approximate surface area is 224 Å². The van der Waals surface area contributed by atoms with Gasteiger partial charge in [-0.25, -0.2) is 9.97 Å². The molecule has 3 aromatic carbocycles. The first-order valence-corrected chi connectivity index (χ1v) is 13.9. The summed E-state index contributed by atoms with van der Waals surface area (Å²) in [6, 6.07) is 28.1. The minimum atomic E-state index is -0.0711. The van der Waals surface area contributed by atoms with Crippen LogP contribution < -0.4 is 10.1 Å². The van der Waals surface area contributed by atoms with Crippen molar-refractivity contribution in [3.8, 4) is 39.5 Å². The summed E-state index contributed by atoms with van der Waals surface area (Å²) < 4.78 is 5.49.